The van der Waals surface area contributed by atoms with Gasteiger partial charge in [-0.15, -0.1) is 23.4 Å². The molecule has 1 aliphatic rings. The molecule has 0 aromatic carbocycles. The largest absolute Gasteiger partial charge is 0.363 e. The van der Waals surface area contributed by atoms with Crippen LogP contribution in [0.5, 0.6) is 0 Å². The lowest BCUT2D eigenvalue weighted by molar-refractivity contribution is 0.0909. The highest BCUT2D eigenvalue weighted by Gasteiger charge is 2.20. The van der Waals surface area contributed by atoms with Gasteiger partial charge in [0.1, 0.15) is 5.44 Å². The fourth-order valence-corrected chi connectivity index (χ4v) is 1.90. The van der Waals surface area contributed by atoms with Gasteiger partial charge in [0.05, 0.1) is 6.10 Å². The molecule has 1 fully saturated rings. The highest BCUT2D eigenvalue weighted by atomic mass is 35.5. The molecule has 0 spiro atoms. The molecule has 1 heterocycles. The summed E-state index contributed by atoms with van der Waals surface area (Å²) in [5, 5.41) is 0. The van der Waals surface area contributed by atoms with Gasteiger partial charge in [-0.25, -0.2) is 0 Å². The van der Waals surface area contributed by atoms with Gasteiger partial charge >= 0.3 is 0 Å². The van der Waals surface area contributed by atoms with E-state index in [2.05, 4.69) is 6.92 Å². The van der Waals surface area contributed by atoms with Crippen molar-refractivity contribution in [3.8, 4) is 0 Å². The molecule has 1 rings (SSSR count). The van der Waals surface area contributed by atoms with E-state index in [1.165, 1.54) is 0 Å². The fourth-order valence-electron chi connectivity index (χ4n) is 0.673. The van der Waals surface area contributed by atoms with Crippen LogP contribution >= 0.6 is 23.4 Å². The number of hydrogen-bond donors (Lipinski definition) is 0. The van der Waals surface area contributed by atoms with Crippen LogP contribution < -0.4 is 0 Å². The summed E-state index contributed by atoms with van der Waals surface area (Å²) < 4.78 is 5.34. The number of rotatable bonds is 1. The van der Waals surface area contributed by atoms with Crippen LogP contribution in [0, 0.1) is 0 Å². The molecule has 0 aliphatic carbocycles. The molecule has 48 valence electrons. The summed E-state index contributed by atoms with van der Waals surface area (Å²) in [5.41, 5.74) is 0.360. The van der Waals surface area contributed by atoms with Crippen LogP contribution in [0.3, 0.4) is 0 Å². The van der Waals surface area contributed by atoms with Gasteiger partial charge in [0.25, 0.3) is 0 Å². The summed E-state index contributed by atoms with van der Waals surface area (Å²) >= 11 is 7.36. The number of hydrogen-bond acceptors (Lipinski definition) is 2. The molecule has 2 unspecified atom stereocenters. The molecule has 1 saturated heterocycles. The molecular formula is C5H9ClOS. The fraction of sp³-hybridized carbons (Fsp3) is 1.00. The van der Waals surface area contributed by atoms with Crippen molar-refractivity contribution in [2.24, 2.45) is 0 Å². The second-order valence-corrected chi connectivity index (χ2v) is 3.45. The lowest BCUT2D eigenvalue weighted by Crippen LogP contribution is -2.11. The summed E-state index contributed by atoms with van der Waals surface area (Å²) in [5.74, 6) is 1.70. The molecule has 0 amide bonds. The van der Waals surface area contributed by atoms with E-state index in [4.69, 9.17) is 16.3 Å². The third-order valence-electron chi connectivity index (χ3n) is 1.07. The standard InChI is InChI=1S/C5H9ClOS/c1-4-7-5(2-6)3-8-4/h4-5H,2-3H2,1H3. The normalized spacial score (nSPS) is 38.2. The van der Waals surface area contributed by atoms with Gasteiger partial charge in [-0.1, -0.05) is 0 Å². The van der Waals surface area contributed by atoms with Crippen LogP contribution in [0.15, 0.2) is 0 Å². The van der Waals surface area contributed by atoms with E-state index in [1.807, 2.05) is 11.8 Å². The van der Waals surface area contributed by atoms with Gasteiger partial charge in [0.15, 0.2) is 0 Å². The highest BCUT2D eigenvalue weighted by molar-refractivity contribution is 8.00. The zero-order valence-electron chi connectivity index (χ0n) is 4.76. The second kappa shape index (κ2) is 2.95. The van der Waals surface area contributed by atoms with E-state index in [9.17, 15) is 0 Å². The summed E-state index contributed by atoms with van der Waals surface area (Å²) in [4.78, 5) is 0. The van der Waals surface area contributed by atoms with Crippen LogP contribution in [0.4, 0.5) is 0 Å². The molecule has 0 saturated carbocycles. The SMILES string of the molecule is CC1OC(CCl)CS1. The van der Waals surface area contributed by atoms with Crippen LogP contribution in [0.1, 0.15) is 6.92 Å². The quantitative estimate of drug-likeness (QED) is 0.529. The smallest absolute Gasteiger partial charge is 0.100 e. The van der Waals surface area contributed by atoms with E-state index in [1.54, 1.807) is 0 Å². The van der Waals surface area contributed by atoms with Crippen molar-refractivity contribution in [2.45, 2.75) is 18.5 Å². The molecule has 0 aromatic rings. The number of ether oxygens (including phenoxy) is 1. The second-order valence-electron chi connectivity index (χ2n) is 1.81. The molecule has 2 atom stereocenters. The van der Waals surface area contributed by atoms with Crippen LogP contribution in [-0.4, -0.2) is 23.2 Å². The van der Waals surface area contributed by atoms with Gasteiger partial charge in [-0.05, 0) is 6.92 Å². The Morgan fingerprint density at radius 2 is 2.62 bits per heavy atom. The van der Waals surface area contributed by atoms with Gasteiger partial charge in [-0.3, -0.25) is 0 Å². The maximum atomic E-state index is 5.53. The molecule has 0 radical (unpaired) electrons. The first-order valence-corrected chi connectivity index (χ1v) is 4.24. The van der Waals surface area contributed by atoms with Crippen molar-refractivity contribution in [1.29, 1.82) is 0 Å². The highest BCUT2D eigenvalue weighted by Crippen LogP contribution is 2.24. The lowest BCUT2D eigenvalue weighted by atomic mass is 10.5. The number of alkyl halides is 1. The van der Waals surface area contributed by atoms with Crippen LogP contribution in [0.25, 0.3) is 0 Å². The van der Waals surface area contributed by atoms with Crippen molar-refractivity contribution in [2.75, 3.05) is 11.6 Å². The Morgan fingerprint density at radius 1 is 1.88 bits per heavy atom. The third kappa shape index (κ3) is 1.54. The summed E-state index contributed by atoms with van der Waals surface area (Å²) in [7, 11) is 0. The maximum Gasteiger partial charge on any atom is 0.100 e. The monoisotopic (exact) mass is 152 g/mol. The van der Waals surface area contributed by atoms with E-state index >= 15 is 0 Å². The first-order chi connectivity index (χ1) is 3.83. The van der Waals surface area contributed by atoms with Gasteiger partial charge < -0.3 is 4.74 Å². The van der Waals surface area contributed by atoms with E-state index in [-0.39, 0.29) is 0 Å². The van der Waals surface area contributed by atoms with E-state index < -0.39 is 0 Å². The van der Waals surface area contributed by atoms with Crippen LogP contribution in [-0.2, 0) is 4.74 Å². The summed E-state index contributed by atoms with van der Waals surface area (Å²) in [6, 6.07) is 0. The van der Waals surface area contributed by atoms with Gasteiger partial charge in [-0.2, -0.15) is 0 Å². The maximum absolute atomic E-state index is 5.53. The minimum atomic E-state index is 0.302. The molecule has 8 heavy (non-hydrogen) atoms. The minimum absolute atomic E-state index is 0.302. The number of thioether (sulfide) groups is 1. The predicted octanol–water partition coefficient (Wildman–Crippen LogP) is 1.70. The number of halogens is 1. The molecule has 1 nitrogen and oxygen atoms in total. The van der Waals surface area contributed by atoms with Gasteiger partial charge in [0.2, 0.25) is 0 Å². The molecule has 0 bridgehead atoms. The zero-order chi connectivity index (χ0) is 5.98. The Kier molecular flexibility index (Phi) is 2.47. The molecule has 0 N–H and O–H groups in total. The van der Waals surface area contributed by atoms with Gasteiger partial charge in [0, 0.05) is 11.6 Å². The zero-order valence-corrected chi connectivity index (χ0v) is 6.34. The van der Waals surface area contributed by atoms with Crippen molar-refractivity contribution in [1.82, 2.24) is 0 Å². The van der Waals surface area contributed by atoms with Crippen molar-refractivity contribution in [3.63, 3.8) is 0 Å². The Morgan fingerprint density at radius 3 is 2.88 bits per heavy atom. The minimum Gasteiger partial charge on any atom is -0.363 e. The van der Waals surface area contributed by atoms with E-state index in [0.29, 0.717) is 17.4 Å². The van der Waals surface area contributed by atoms with Crippen LogP contribution in [0.2, 0.25) is 0 Å². The third-order valence-corrected chi connectivity index (χ3v) is 2.56. The van der Waals surface area contributed by atoms with Crippen molar-refractivity contribution < 1.29 is 4.74 Å². The predicted molar refractivity (Wildman–Crippen MR) is 37.5 cm³/mol. The first-order valence-electron chi connectivity index (χ1n) is 2.66. The van der Waals surface area contributed by atoms with Crippen molar-refractivity contribution >= 4 is 23.4 Å². The average molecular weight is 153 g/mol. The molecule has 3 heteroatoms. The molecular weight excluding hydrogens is 144 g/mol. The molecule has 1 aliphatic heterocycles. The summed E-state index contributed by atoms with van der Waals surface area (Å²) in [6.07, 6.45) is 0.302. The van der Waals surface area contributed by atoms with E-state index in [0.717, 1.165) is 5.75 Å². The lowest BCUT2D eigenvalue weighted by Gasteiger charge is -2.03. The summed E-state index contributed by atoms with van der Waals surface area (Å²) in [6.45, 7) is 2.05. The first kappa shape index (κ1) is 6.72. The Hall–Kier alpha value is 0.600. The Bertz CT molecular complexity index is 78.8. The topological polar surface area (TPSA) is 9.23 Å². The Balaban J connectivity index is 2.22. The average Bonchev–Trinajstić information content (AvgIpc) is 2.14. The molecule has 0 aromatic heterocycles. The Labute approximate surface area is 58.7 Å². The van der Waals surface area contributed by atoms with Crippen molar-refractivity contribution in [3.05, 3.63) is 0 Å².